The molecule has 0 bridgehead atoms. The van der Waals surface area contributed by atoms with E-state index < -0.39 is 0 Å². The van der Waals surface area contributed by atoms with Crippen molar-refractivity contribution in [3.8, 4) is 5.75 Å². The first-order chi connectivity index (χ1) is 8.70. The van der Waals surface area contributed by atoms with Crippen molar-refractivity contribution in [2.24, 2.45) is 0 Å². The van der Waals surface area contributed by atoms with Gasteiger partial charge in [0, 0.05) is 13.1 Å². The molecule has 0 fully saturated rings. The van der Waals surface area contributed by atoms with Gasteiger partial charge in [-0.25, -0.2) is 0 Å². The van der Waals surface area contributed by atoms with Crippen LogP contribution in [0.15, 0.2) is 42.6 Å². The van der Waals surface area contributed by atoms with E-state index in [1.54, 1.807) is 13.3 Å². The number of ether oxygens (including phenoxy) is 1. The fourth-order valence-electron chi connectivity index (χ4n) is 1.80. The molecule has 0 aliphatic carbocycles. The molecule has 0 saturated heterocycles. The molecule has 1 N–H and O–H groups in total. The van der Waals surface area contributed by atoms with Crippen LogP contribution in [-0.2, 0) is 4.79 Å². The Kier molecular flexibility index (Phi) is 3.63. The number of carbonyl (C=O) groups is 1. The highest BCUT2D eigenvalue weighted by molar-refractivity contribution is 5.91. The lowest BCUT2D eigenvalue weighted by Crippen LogP contribution is -2.11. The zero-order valence-corrected chi connectivity index (χ0v) is 10.4. The average Bonchev–Trinajstić information content (AvgIpc) is 2.38. The third-order valence-electron chi connectivity index (χ3n) is 2.67. The highest BCUT2D eigenvalue weighted by Gasteiger charge is 2.00. The summed E-state index contributed by atoms with van der Waals surface area (Å²) in [5, 5.41) is 4.87. The van der Waals surface area contributed by atoms with Gasteiger partial charge in [0.15, 0.2) is 0 Å². The van der Waals surface area contributed by atoms with Crippen molar-refractivity contribution in [3.05, 3.63) is 48.2 Å². The van der Waals surface area contributed by atoms with Crippen LogP contribution in [0, 0.1) is 0 Å². The fourth-order valence-corrected chi connectivity index (χ4v) is 1.80. The van der Waals surface area contributed by atoms with E-state index in [1.807, 2.05) is 42.5 Å². The molecule has 0 aliphatic rings. The molecule has 0 aliphatic heterocycles. The number of hydrogen-bond donors (Lipinski definition) is 1. The van der Waals surface area contributed by atoms with Crippen LogP contribution in [0.2, 0.25) is 0 Å². The zero-order valence-electron chi connectivity index (χ0n) is 10.4. The van der Waals surface area contributed by atoms with E-state index in [2.05, 4.69) is 5.32 Å². The van der Waals surface area contributed by atoms with Gasteiger partial charge in [-0.3, -0.25) is 4.79 Å². The first-order valence-corrected chi connectivity index (χ1v) is 5.71. The number of nitrogens with one attached hydrogen (secondary N) is 1. The number of amides is 1. The van der Waals surface area contributed by atoms with Gasteiger partial charge in [-0.1, -0.05) is 24.3 Å². The Morgan fingerprint density at radius 2 is 2.11 bits per heavy atom. The second-order valence-electron chi connectivity index (χ2n) is 3.97. The largest absolute Gasteiger partial charge is 0.497 e. The van der Waals surface area contributed by atoms with Gasteiger partial charge in [-0.05, 0) is 34.5 Å². The molecule has 0 spiro atoms. The van der Waals surface area contributed by atoms with Crippen molar-refractivity contribution in [2.45, 2.75) is 6.92 Å². The van der Waals surface area contributed by atoms with Crippen molar-refractivity contribution in [3.63, 3.8) is 0 Å². The molecule has 0 aromatic heterocycles. The van der Waals surface area contributed by atoms with Crippen LogP contribution in [-0.4, -0.2) is 13.0 Å². The molecule has 18 heavy (non-hydrogen) atoms. The number of hydrogen-bond acceptors (Lipinski definition) is 2. The number of methoxy groups -OCH3 is 1. The maximum atomic E-state index is 10.8. The summed E-state index contributed by atoms with van der Waals surface area (Å²) in [4.78, 5) is 10.8. The highest BCUT2D eigenvalue weighted by Crippen LogP contribution is 2.24. The minimum Gasteiger partial charge on any atom is -0.497 e. The lowest BCUT2D eigenvalue weighted by molar-refractivity contribution is -0.118. The third kappa shape index (κ3) is 2.69. The van der Waals surface area contributed by atoms with E-state index in [4.69, 9.17) is 4.74 Å². The van der Waals surface area contributed by atoms with Crippen molar-refractivity contribution in [1.29, 1.82) is 0 Å². The Balaban J connectivity index is 2.43. The normalized spacial score (nSPS) is 10.8. The van der Waals surface area contributed by atoms with Gasteiger partial charge in [0.1, 0.15) is 5.75 Å². The summed E-state index contributed by atoms with van der Waals surface area (Å²) in [6.45, 7) is 1.48. The molecule has 2 aromatic rings. The van der Waals surface area contributed by atoms with Crippen LogP contribution < -0.4 is 10.1 Å². The van der Waals surface area contributed by atoms with Crippen molar-refractivity contribution >= 4 is 22.8 Å². The molecular formula is C15H15NO2. The summed E-state index contributed by atoms with van der Waals surface area (Å²) in [6.07, 6.45) is 3.53. The number of fused-ring (bicyclic) bond motifs is 1. The third-order valence-corrected chi connectivity index (χ3v) is 2.67. The summed E-state index contributed by atoms with van der Waals surface area (Å²) < 4.78 is 5.23. The fraction of sp³-hybridized carbons (Fsp3) is 0.133. The summed E-state index contributed by atoms with van der Waals surface area (Å²) in [5.74, 6) is 0.743. The predicted molar refractivity (Wildman–Crippen MR) is 73.4 cm³/mol. The predicted octanol–water partition coefficient (Wildman–Crippen LogP) is 2.96. The molecule has 0 unspecified atom stereocenters. The van der Waals surface area contributed by atoms with Crippen molar-refractivity contribution in [2.75, 3.05) is 7.11 Å². The molecule has 0 radical (unpaired) electrons. The minimum atomic E-state index is -0.0796. The van der Waals surface area contributed by atoms with Crippen LogP contribution in [0.25, 0.3) is 16.8 Å². The van der Waals surface area contributed by atoms with Gasteiger partial charge in [0.2, 0.25) is 5.91 Å². The van der Waals surface area contributed by atoms with Gasteiger partial charge in [-0.2, -0.15) is 0 Å². The standard InChI is InChI=1S/C15H15NO2/c1-11(17)16-9-8-13-5-3-4-12-6-7-14(18-2)10-15(12)13/h3-10H,1-2H3,(H,16,17). The van der Waals surface area contributed by atoms with E-state index in [0.29, 0.717) is 0 Å². The summed E-state index contributed by atoms with van der Waals surface area (Å²) in [5.41, 5.74) is 1.04. The Bertz CT molecular complexity index is 602. The summed E-state index contributed by atoms with van der Waals surface area (Å²) >= 11 is 0. The lowest BCUT2D eigenvalue weighted by Gasteiger charge is -2.05. The Hall–Kier alpha value is -2.29. The number of benzene rings is 2. The maximum Gasteiger partial charge on any atom is 0.220 e. The lowest BCUT2D eigenvalue weighted by atomic mass is 10.0. The van der Waals surface area contributed by atoms with Gasteiger partial charge in [-0.15, -0.1) is 0 Å². The quantitative estimate of drug-likeness (QED) is 0.897. The molecule has 2 rings (SSSR count). The Morgan fingerprint density at radius 1 is 1.28 bits per heavy atom. The molecule has 3 heteroatoms. The van der Waals surface area contributed by atoms with Crippen LogP contribution in [0.3, 0.4) is 0 Å². The van der Waals surface area contributed by atoms with E-state index >= 15 is 0 Å². The van der Waals surface area contributed by atoms with Crippen LogP contribution in [0.1, 0.15) is 12.5 Å². The Morgan fingerprint density at radius 3 is 2.83 bits per heavy atom. The van der Waals surface area contributed by atoms with Crippen LogP contribution >= 0.6 is 0 Å². The molecular weight excluding hydrogens is 226 g/mol. The number of rotatable bonds is 3. The smallest absolute Gasteiger partial charge is 0.220 e. The molecule has 0 atom stereocenters. The molecule has 2 aromatic carbocycles. The maximum absolute atomic E-state index is 10.8. The number of carbonyl (C=O) groups excluding carboxylic acids is 1. The van der Waals surface area contributed by atoms with Gasteiger partial charge in [0.05, 0.1) is 7.11 Å². The summed E-state index contributed by atoms with van der Waals surface area (Å²) in [6, 6.07) is 12.0. The second-order valence-corrected chi connectivity index (χ2v) is 3.97. The minimum absolute atomic E-state index is 0.0796. The van der Waals surface area contributed by atoms with E-state index in [0.717, 1.165) is 22.1 Å². The van der Waals surface area contributed by atoms with E-state index in [-0.39, 0.29) is 5.91 Å². The average molecular weight is 241 g/mol. The van der Waals surface area contributed by atoms with Crippen LogP contribution in [0.5, 0.6) is 5.75 Å². The second kappa shape index (κ2) is 5.36. The van der Waals surface area contributed by atoms with Crippen molar-refractivity contribution < 1.29 is 9.53 Å². The van der Waals surface area contributed by atoms with Gasteiger partial charge >= 0.3 is 0 Å². The summed E-state index contributed by atoms with van der Waals surface area (Å²) in [7, 11) is 1.65. The van der Waals surface area contributed by atoms with Gasteiger partial charge in [0.25, 0.3) is 0 Å². The first kappa shape index (κ1) is 12.2. The monoisotopic (exact) mass is 241 g/mol. The van der Waals surface area contributed by atoms with Gasteiger partial charge < -0.3 is 10.1 Å². The molecule has 1 amide bonds. The molecule has 92 valence electrons. The first-order valence-electron chi connectivity index (χ1n) is 5.71. The van der Waals surface area contributed by atoms with Crippen molar-refractivity contribution in [1.82, 2.24) is 5.32 Å². The highest BCUT2D eigenvalue weighted by atomic mass is 16.5. The van der Waals surface area contributed by atoms with E-state index in [9.17, 15) is 4.79 Å². The van der Waals surface area contributed by atoms with Crippen LogP contribution in [0.4, 0.5) is 0 Å². The topological polar surface area (TPSA) is 38.3 Å². The Labute approximate surface area is 106 Å². The zero-order chi connectivity index (χ0) is 13.0. The molecule has 0 saturated carbocycles. The van der Waals surface area contributed by atoms with E-state index in [1.165, 1.54) is 6.92 Å². The SMILES string of the molecule is COc1ccc2cccc(C=CNC(C)=O)c2c1. The molecule has 0 heterocycles. The molecule has 3 nitrogen and oxygen atoms in total.